The van der Waals surface area contributed by atoms with Gasteiger partial charge < -0.3 is 16.0 Å². The highest BCUT2D eigenvalue weighted by Gasteiger charge is 2.48. The van der Waals surface area contributed by atoms with E-state index in [1.165, 1.54) is 0 Å². The zero-order valence-electron chi connectivity index (χ0n) is 15.3. The average molecular weight is 403 g/mol. The average Bonchev–Trinajstić information content (AvgIpc) is 3.30. The molecule has 2 aliphatic rings. The fraction of sp³-hybridized carbons (Fsp3) is 0.556. The zero-order valence-corrected chi connectivity index (χ0v) is 16.9. The molecular weight excluding hydrogens is 375 g/mol. The number of rotatable bonds is 4. The largest absolute Gasteiger partial charge is 0.339 e. The molecule has 3 N–H and O–H groups in total. The third-order valence-electron chi connectivity index (χ3n) is 4.99. The summed E-state index contributed by atoms with van der Waals surface area (Å²) in [5.74, 6) is 0.0619. The number of amides is 2. The Hall–Kier alpha value is -1.34. The Morgan fingerprint density at radius 3 is 2.12 bits per heavy atom. The van der Waals surface area contributed by atoms with E-state index in [9.17, 15) is 9.59 Å². The standard InChI is InChI=1S/C18H26N4O2.2ClH/c1-13-4-3-5-14(2)16(13)20-15(23)12-21-8-10-22(11-9-21)17(24)18(19)6-7-18;;/h3-5H,6-12,19H2,1-2H3,(H,20,23);2*1H. The van der Waals surface area contributed by atoms with Crippen LogP contribution < -0.4 is 11.1 Å². The second kappa shape index (κ2) is 9.04. The van der Waals surface area contributed by atoms with E-state index < -0.39 is 5.54 Å². The minimum Gasteiger partial charge on any atom is -0.339 e. The van der Waals surface area contributed by atoms with E-state index in [2.05, 4.69) is 10.2 Å². The lowest BCUT2D eigenvalue weighted by atomic mass is 10.1. The first kappa shape index (κ1) is 22.7. The van der Waals surface area contributed by atoms with E-state index >= 15 is 0 Å². The Bertz CT molecular complexity index is 636. The van der Waals surface area contributed by atoms with E-state index in [-0.39, 0.29) is 36.6 Å². The van der Waals surface area contributed by atoms with Crippen LogP contribution in [-0.2, 0) is 9.59 Å². The molecule has 146 valence electrons. The van der Waals surface area contributed by atoms with E-state index in [1.807, 2.05) is 36.9 Å². The maximum absolute atomic E-state index is 12.3. The lowest BCUT2D eigenvalue weighted by Gasteiger charge is -2.35. The van der Waals surface area contributed by atoms with Crippen LogP contribution >= 0.6 is 24.8 Å². The Kier molecular flexibility index (Phi) is 7.89. The SMILES string of the molecule is Cc1cccc(C)c1NC(=O)CN1CCN(C(=O)C2(N)CC2)CC1.Cl.Cl. The second-order valence-electron chi connectivity index (χ2n) is 7.04. The number of nitrogens with two attached hydrogens (primary N) is 1. The maximum Gasteiger partial charge on any atom is 0.242 e. The third-order valence-corrected chi connectivity index (χ3v) is 4.99. The fourth-order valence-corrected chi connectivity index (χ4v) is 3.17. The monoisotopic (exact) mass is 402 g/mol. The summed E-state index contributed by atoms with van der Waals surface area (Å²) in [6.45, 7) is 7.05. The number of aryl methyl sites for hydroxylation is 2. The number of hydrogen-bond acceptors (Lipinski definition) is 4. The molecule has 0 radical (unpaired) electrons. The minimum atomic E-state index is -0.595. The summed E-state index contributed by atoms with van der Waals surface area (Å²) in [6, 6.07) is 5.97. The number of carbonyl (C=O) groups excluding carboxylic acids is 2. The van der Waals surface area contributed by atoms with Gasteiger partial charge in [-0.3, -0.25) is 14.5 Å². The normalized spacial score (nSPS) is 18.3. The molecule has 1 aliphatic carbocycles. The number of piperazine rings is 1. The van der Waals surface area contributed by atoms with Crippen molar-refractivity contribution < 1.29 is 9.59 Å². The summed E-state index contributed by atoms with van der Waals surface area (Å²) in [5.41, 5.74) is 8.42. The van der Waals surface area contributed by atoms with Gasteiger partial charge in [-0.1, -0.05) is 18.2 Å². The van der Waals surface area contributed by atoms with Crippen molar-refractivity contribution in [2.75, 3.05) is 38.0 Å². The fourth-order valence-electron chi connectivity index (χ4n) is 3.17. The van der Waals surface area contributed by atoms with Gasteiger partial charge in [0.25, 0.3) is 0 Å². The Balaban J connectivity index is 0.00000169. The van der Waals surface area contributed by atoms with Crippen LogP contribution in [0.5, 0.6) is 0 Å². The van der Waals surface area contributed by atoms with Crippen molar-refractivity contribution in [1.82, 2.24) is 9.80 Å². The van der Waals surface area contributed by atoms with E-state index in [4.69, 9.17) is 5.73 Å². The highest BCUT2D eigenvalue weighted by Crippen LogP contribution is 2.34. The topological polar surface area (TPSA) is 78.7 Å². The van der Waals surface area contributed by atoms with Crippen molar-refractivity contribution in [2.45, 2.75) is 32.2 Å². The van der Waals surface area contributed by atoms with Crippen LogP contribution in [0.15, 0.2) is 18.2 Å². The molecule has 1 aromatic rings. The summed E-state index contributed by atoms with van der Waals surface area (Å²) in [6.07, 6.45) is 1.59. The van der Waals surface area contributed by atoms with Gasteiger partial charge in [0.1, 0.15) is 0 Å². The summed E-state index contributed by atoms with van der Waals surface area (Å²) >= 11 is 0. The first-order chi connectivity index (χ1) is 11.4. The van der Waals surface area contributed by atoms with Crippen molar-refractivity contribution in [1.29, 1.82) is 0 Å². The van der Waals surface area contributed by atoms with Crippen LogP contribution in [-0.4, -0.2) is 59.9 Å². The van der Waals surface area contributed by atoms with Gasteiger partial charge >= 0.3 is 0 Å². The quantitative estimate of drug-likeness (QED) is 0.803. The van der Waals surface area contributed by atoms with Gasteiger partial charge in [-0.05, 0) is 37.8 Å². The minimum absolute atomic E-state index is 0. The number of hydrogen-bond donors (Lipinski definition) is 2. The Morgan fingerprint density at radius 1 is 1.08 bits per heavy atom. The maximum atomic E-state index is 12.3. The van der Waals surface area contributed by atoms with Crippen LogP contribution in [0, 0.1) is 13.8 Å². The molecule has 26 heavy (non-hydrogen) atoms. The van der Waals surface area contributed by atoms with Gasteiger partial charge in [0.2, 0.25) is 11.8 Å². The molecule has 2 amide bonds. The number of nitrogens with zero attached hydrogens (tertiary/aromatic N) is 2. The predicted molar refractivity (Wildman–Crippen MR) is 108 cm³/mol. The van der Waals surface area contributed by atoms with Crippen molar-refractivity contribution in [3.8, 4) is 0 Å². The first-order valence-electron chi connectivity index (χ1n) is 8.56. The molecule has 0 unspecified atom stereocenters. The number of halogens is 2. The van der Waals surface area contributed by atoms with Crippen LogP contribution in [0.4, 0.5) is 5.69 Å². The number of carbonyl (C=O) groups is 2. The molecule has 1 aliphatic heterocycles. The van der Waals surface area contributed by atoms with Gasteiger partial charge in [-0.25, -0.2) is 0 Å². The van der Waals surface area contributed by atoms with Crippen LogP contribution in [0.25, 0.3) is 0 Å². The molecule has 6 nitrogen and oxygen atoms in total. The van der Waals surface area contributed by atoms with Crippen molar-refractivity contribution in [2.24, 2.45) is 5.73 Å². The van der Waals surface area contributed by atoms with Crippen molar-refractivity contribution in [3.05, 3.63) is 29.3 Å². The molecule has 0 spiro atoms. The van der Waals surface area contributed by atoms with E-state index in [0.29, 0.717) is 32.7 Å². The molecule has 1 aromatic carbocycles. The van der Waals surface area contributed by atoms with E-state index in [0.717, 1.165) is 29.7 Å². The summed E-state index contributed by atoms with van der Waals surface area (Å²) in [7, 11) is 0. The summed E-state index contributed by atoms with van der Waals surface area (Å²) < 4.78 is 0. The molecule has 1 heterocycles. The molecule has 1 saturated heterocycles. The number of para-hydroxylation sites is 1. The van der Waals surface area contributed by atoms with Gasteiger partial charge in [-0.15, -0.1) is 24.8 Å². The lowest BCUT2D eigenvalue weighted by molar-refractivity contribution is -0.135. The predicted octanol–water partition coefficient (Wildman–Crippen LogP) is 1.72. The molecule has 0 atom stereocenters. The van der Waals surface area contributed by atoms with Gasteiger partial charge in [0.05, 0.1) is 12.1 Å². The first-order valence-corrected chi connectivity index (χ1v) is 8.56. The Morgan fingerprint density at radius 2 is 1.62 bits per heavy atom. The molecule has 8 heteroatoms. The number of benzene rings is 1. The highest BCUT2D eigenvalue weighted by molar-refractivity contribution is 5.94. The molecule has 0 aromatic heterocycles. The molecule has 0 bridgehead atoms. The van der Waals surface area contributed by atoms with Gasteiger partial charge in [0, 0.05) is 31.9 Å². The van der Waals surface area contributed by atoms with Gasteiger partial charge in [-0.2, -0.15) is 0 Å². The van der Waals surface area contributed by atoms with Crippen molar-refractivity contribution in [3.63, 3.8) is 0 Å². The van der Waals surface area contributed by atoms with Crippen LogP contribution in [0.1, 0.15) is 24.0 Å². The second-order valence-corrected chi connectivity index (χ2v) is 7.04. The highest BCUT2D eigenvalue weighted by atomic mass is 35.5. The summed E-state index contributed by atoms with van der Waals surface area (Å²) in [4.78, 5) is 28.5. The Labute approximate surface area is 167 Å². The molecule has 2 fully saturated rings. The molecule has 3 rings (SSSR count). The zero-order chi connectivity index (χ0) is 17.3. The van der Waals surface area contributed by atoms with Crippen LogP contribution in [0.3, 0.4) is 0 Å². The smallest absolute Gasteiger partial charge is 0.242 e. The molecular formula is C18H28Cl2N4O2. The van der Waals surface area contributed by atoms with Crippen LogP contribution in [0.2, 0.25) is 0 Å². The number of anilines is 1. The lowest BCUT2D eigenvalue weighted by Crippen LogP contribution is -2.55. The van der Waals surface area contributed by atoms with Gasteiger partial charge in [0.15, 0.2) is 0 Å². The van der Waals surface area contributed by atoms with Crippen molar-refractivity contribution >= 4 is 42.3 Å². The third kappa shape index (κ3) is 5.10. The molecule has 1 saturated carbocycles. The van der Waals surface area contributed by atoms with E-state index in [1.54, 1.807) is 0 Å². The summed E-state index contributed by atoms with van der Waals surface area (Å²) in [5, 5.41) is 3.01. The number of nitrogens with one attached hydrogen (secondary N) is 1.